The van der Waals surface area contributed by atoms with Gasteiger partial charge in [0.05, 0.1) is 24.0 Å². The molecule has 31 heavy (non-hydrogen) atoms. The van der Waals surface area contributed by atoms with E-state index in [1.807, 2.05) is 26.0 Å². The van der Waals surface area contributed by atoms with E-state index in [1.54, 1.807) is 41.8 Å². The van der Waals surface area contributed by atoms with Gasteiger partial charge in [-0.2, -0.15) is 0 Å². The van der Waals surface area contributed by atoms with Crippen LogP contribution in [0, 0.1) is 13.8 Å². The number of hydrogen-bond donors (Lipinski definition) is 1. The zero-order chi connectivity index (χ0) is 22.1. The number of ether oxygens (including phenoxy) is 1. The Hall–Kier alpha value is -3.65. The molecule has 2 aromatic carbocycles. The Balaban J connectivity index is 1.81. The van der Waals surface area contributed by atoms with Gasteiger partial charge in [0.15, 0.2) is 0 Å². The zero-order valence-electron chi connectivity index (χ0n) is 17.3. The number of carbonyl (C=O) groups excluding carboxylic acids is 1. The molecule has 2 aromatic heterocycles. The van der Waals surface area contributed by atoms with E-state index in [9.17, 15) is 14.4 Å². The highest BCUT2D eigenvalue weighted by atomic mass is 32.1. The molecule has 0 aliphatic rings. The maximum atomic E-state index is 13.4. The van der Waals surface area contributed by atoms with Gasteiger partial charge in [-0.05, 0) is 49.1 Å². The Kier molecular flexibility index (Phi) is 5.48. The summed E-state index contributed by atoms with van der Waals surface area (Å²) in [7, 11) is 1.52. The van der Waals surface area contributed by atoms with E-state index in [0.717, 1.165) is 15.7 Å². The van der Waals surface area contributed by atoms with Crippen LogP contribution in [0.15, 0.2) is 63.5 Å². The lowest BCUT2D eigenvalue weighted by Crippen LogP contribution is -2.40. The molecule has 8 heteroatoms. The number of carbonyl (C=O) groups is 1. The molecule has 0 atom stereocenters. The third-order valence-corrected chi connectivity index (χ3v) is 5.92. The third kappa shape index (κ3) is 3.77. The summed E-state index contributed by atoms with van der Waals surface area (Å²) in [6, 6.07) is 14.2. The molecule has 0 radical (unpaired) electrons. The number of hydrogen-bond acceptors (Lipinski definition) is 5. The highest BCUT2D eigenvalue weighted by Crippen LogP contribution is 2.23. The molecule has 0 saturated heterocycles. The molecule has 4 rings (SSSR count). The second kappa shape index (κ2) is 8.23. The summed E-state index contributed by atoms with van der Waals surface area (Å²) >= 11 is 1.25. The Morgan fingerprint density at radius 1 is 1.10 bits per heavy atom. The van der Waals surface area contributed by atoms with Crippen molar-refractivity contribution in [3.63, 3.8) is 0 Å². The van der Waals surface area contributed by atoms with Crippen LogP contribution in [0.25, 0.3) is 15.9 Å². The first kappa shape index (κ1) is 20.6. The van der Waals surface area contributed by atoms with Crippen LogP contribution in [0.3, 0.4) is 0 Å². The van der Waals surface area contributed by atoms with Gasteiger partial charge in [-0.3, -0.25) is 14.2 Å². The average molecular weight is 436 g/mol. The van der Waals surface area contributed by atoms with Gasteiger partial charge in [0.25, 0.3) is 5.56 Å². The summed E-state index contributed by atoms with van der Waals surface area (Å²) in [4.78, 5) is 39.3. The number of aryl methyl sites for hydroxylation is 2. The Morgan fingerprint density at radius 3 is 2.61 bits per heavy atom. The minimum absolute atomic E-state index is 0.241. The van der Waals surface area contributed by atoms with E-state index in [0.29, 0.717) is 27.3 Å². The number of thiophene rings is 1. The summed E-state index contributed by atoms with van der Waals surface area (Å²) < 4.78 is 8.16. The number of anilines is 1. The molecule has 1 N–H and O–H groups in total. The van der Waals surface area contributed by atoms with Crippen molar-refractivity contribution in [1.82, 2.24) is 9.13 Å². The van der Waals surface area contributed by atoms with Crippen LogP contribution in [0.2, 0.25) is 0 Å². The van der Waals surface area contributed by atoms with Crippen LogP contribution in [-0.4, -0.2) is 22.2 Å². The van der Waals surface area contributed by atoms with Crippen molar-refractivity contribution in [2.75, 3.05) is 12.4 Å². The summed E-state index contributed by atoms with van der Waals surface area (Å²) in [6.45, 7) is 3.56. The van der Waals surface area contributed by atoms with Crippen LogP contribution in [0.1, 0.15) is 11.1 Å². The van der Waals surface area contributed by atoms with E-state index < -0.39 is 11.6 Å². The second-order valence-corrected chi connectivity index (χ2v) is 8.10. The highest BCUT2D eigenvalue weighted by Gasteiger charge is 2.19. The minimum Gasteiger partial charge on any atom is -0.495 e. The molecule has 2 heterocycles. The number of rotatable bonds is 5. The Morgan fingerprint density at radius 2 is 1.87 bits per heavy atom. The number of para-hydroxylation sites is 2. The second-order valence-electron chi connectivity index (χ2n) is 7.18. The molecule has 0 fully saturated rings. The predicted molar refractivity (Wildman–Crippen MR) is 123 cm³/mol. The number of nitrogens with zero attached hydrogens (tertiary/aromatic N) is 2. The zero-order valence-corrected chi connectivity index (χ0v) is 18.2. The lowest BCUT2D eigenvalue weighted by Gasteiger charge is -2.15. The van der Waals surface area contributed by atoms with Crippen molar-refractivity contribution in [2.24, 2.45) is 0 Å². The molecule has 0 aliphatic carbocycles. The molecule has 0 bridgehead atoms. The number of nitrogens with one attached hydrogen (secondary N) is 1. The number of benzene rings is 2. The lowest BCUT2D eigenvalue weighted by atomic mass is 10.1. The maximum Gasteiger partial charge on any atom is 0.336 e. The van der Waals surface area contributed by atoms with Crippen molar-refractivity contribution >= 4 is 33.1 Å². The molecule has 4 aromatic rings. The molecule has 158 valence electrons. The van der Waals surface area contributed by atoms with Crippen molar-refractivity contribution in [1.29, 1.82) is 0 Å². The number of aromatic nitrogens is 2. The smallest absolute Gasteiger partial charge is 0.336 e. The first-order chi connectivity index (χ1) is 14.9. The summed E-state index contributed by atoms with van der Waals surface area (Å²) in [5, 5.41) is 4.52. The fraction of sp³-hybridized carbons (Fsp3) is 0.174. The van der Waals surface area contributed by atoms with Gasteiger partial charge in [0.1, 0.15) is 17.0 Å². The number of fused-ring (bicyclic) bond motifs is 1. The molecular weight excluding hydrogens is 414 g/mol. The van der Waals surface area contributed by atoms with Gasteiger partial charge in [-0.1, -0.05) is 29.8 Å². The molecule has 0 unspecified atom stereocenters. The lowest BCUT2D eigenvalue weighted by molar-refractivity contribution is -0.116. The topological polar surface area (TPSA) is 82.3 Å². The maximum absolute atomic E-state index is 13.4. The number of methoxy groups -OCH3 is 1. The van der Waals surface area contributed by atoms with Crippen LogP contribution in [0.5, 0.6) is 5.75 Å². The van der Waals surface area contributed by atoms with Crippen LogP contribution in [0.4, 0.5) is 5.69 Å². The normalized spacial score (nSPS) is 10.9. The fourth-order valence-electron chi connectivity index (χ4n) is 3.59. The predicted octanol–water partition coefficient (Wildman–Crippen LogP) is 3.48. The van der Waals surface area contributed by atoms with Crippen LogP contribution in [-0.2, 0) is 11.3 Å². The Labute approximate surface area is 182 Å². The van der Waals surface area contributed by atoms with Crippen LogP contribution >= 0.6 is 11.3 Å². The van der Waals surface area contributed by atoms with Gasteiger partial charge < -0.3 is 10.1 Å². The van der Waals surface area contributed by atoms with Gasteiger partial charge in [-0.15, -0.1) is 11.3 Å². The molecule has 0 spiro atoms. The minimum atomic E-state index is -0.557. The molecule has 0 aliphatic heterocycles. The van der Waals surface area contributed by atoms with Gasteiger partial charge in [-0.25, -0.2) is 9.36 Å². The molecule has 7 nitrogen and oxygen atoms in total. The van der Waals surface area contributed by atoms with Crippen molar-refractivity contribution in [2.45, 2.75) is 20.4 Å². The van der Waals surface area contributed by atoms with E-state index in [4.69, 9.17) is 4.74 Å². The molecule has 0 saturated carbocycles. The summed E-state index contributed by atoms with van der Waals surface area (Å²) in [5.41, 5.74) is 2.35. The summed E-state index contributed by atoms with van der Waals surface area (Å²) in [6.07, 6.45) is 0. The molecule has 1 amide bonds. The van der Waals surface area contributed by atoms with Crippen molar-refractivity contribution in [3.8, 4) is 11.4 Å². The number of amides is 1. The first-order valence-corrected chi connectivity index (χ1v) is 10.5. The first-order valence-electron chi connectivity index (χ1n) is 9.64. The summed E-state index contributed by atoms with van der Waals surface area (Å²) in [5.74, 6) is 0.119. The van der Waals surface area contributed by atoms with Gasteiger partial charge in [0.2, 0.25) is 5.91 Å². The Bertz CT molecular complexity index is 1410. The van der Waals surface area contributed by atoms with E-state index in [-0.39, 0.29) is 12.1 Å². The van der Waals surface area contributed by atoms with Gasteiger partial charge in [0, 0.05) is 0 Å². The average Bonchev–Trinajstić information content (AvgIpc) is 3.23. The van der Waals surface area contributed by atoms with E-state index in [2.05, 4.69) is 5.32 Å². The van der Waals surface area contributed by atoms with Crippen LogP contribution < -0.4 is 21.3 Å². The fourth-order valence-corrected chi connectivity index (χ4v) is 4.41. The van der Waals surface area contributed by atoms with E-state index in [1.165, 1.54) is 23.0 Å². The SMILES string of the molecule is COc1ccccc1NC(=O)Cn1c(=O)n(-c2ccc(C)cc2C)c(=O)c2sccc21. The highest BCUT2D eigenvalue weighted by molar-refractivity contribution is 7.17. The van der Waals surface area contributed by atoms with Crippen molar-refractivity contribution in [3.05, 3.63) is 85.9 Å². The quantitative estimate of drug-likeness (QED) is 0.520. The largest absolute Gasteiger partial charge is 0.495 e. The third-order valence-electron chi connectivity index (χ3n) is 5.03. The van der Waals surface area contributed by atoms with Gasteiger partial charge >= 0.3 is 5.69 Å². The monoisotopic (exact) mass is 435 g/mol. The standard InChI is InChI=1S/C23H21N3O4S/c1-14-8-9-17(15(2)12-14)26-22(28)21-18(10-11-31-21)25(23(26)29)13-20(27)24-16-6-4-5-7-19(16)30-3/h4-12H,13H2,1-3H3,(H,24,27). The van der Waals surface area contributed by atoms with E-state index >= 15 is 0 Å². The molecular formula is C23H21N3O4S. The van der Waals surface area contributed by atoms with Crippen molar-refractivity contribution < 1.29 is 9.53 Å².